The molecule has 0 saturated carbocycles. The zero-order valence-electron chi connectivity index (χ0n) is 23.0. The van der Waals surface area contributed by atoms with Crippen LogP contribution in [-0.2, 0) is 27.3 Å². The molecule has 4 aromatic rings. The minimum Gasteiger partial charge on any atom is -0.371 e. The van der Waals surface area contributed by atoms with Gasteiger partial charge in [-0.15, -0.1) is 0 Å². The number of piperidine rings is 1. The molecule has 2 fully saturated rings. The maximum Gasteiger partial charge on any atom is 0.259 e. The third-order valence-corrected chi connectivity index (χ3v) is 8.56. The van der Waals surface area contributed by atoms with Crippen LogP contribution >= 0.6 is 0 Å². The number of morpholine rings is 1. The Balaban J connectivity index is 1.07. The Morgan fingerprint density at radius 2 is 1.69 bits per heavy atom. The number of rotatable bonds is 6. The highest BCUT2D eigenvalue weighted by Crippen LogP contribution is 2.41. The van der Waals surface area contributed by atoms with Crippen LogP contribution in [0.5, 0.6) is 0 Å². The summed E-state index contributed by atoms with van der Waals surface area (Å²) in [6, 6.07) is 24.2. The summed E-state index contributed by atoms with van der Waals surface area (Å²) in [7, 11) is 0. The number of ether oxygens (including phenoxy) is 1. The molecule has 0 aromatic heterocycles. The van der Waals surface area contributed by atoms with Crippen LogP contribution in [-0.4, -0.2) is 48.4 Å². The van der Waals surface area contributed by atoms with Crippen LogP contribution in [0, 0.1) is 5.82 Å². The van der Waals surface area contributed by atoms with Gasteiger partial charge in [0.05, 0.1) is 18.4 Å². The number of anilines is 1. The van der Waals surface area contributed by atoms with Crippen LogP contribution in [0.15, 0.2) is 78.9 Å². The zero-order chi connectivity index (χ0) is 28.8. The van der Waals surface area contributed by atoms with E-state index in [2.05, 4.69) is 34.5 Å². The molecule has 2 unspecified atom stereocenters. The molecule has 3 amide bonds. The number of imide groups is 1. The summed E-state index contributed by atoms with van der Waals surface area (Å²) in [4.78, 5) is 41.6. The molecule has 7 nitrogen and oxygen atoms in total. The second-order valence-electron chi connectivity index (χ2n) is 11.3. The number of benzene rings is 4. The van der Waals surface area contributed by atoms with Gasteiger partial charge >= 0.3 is 0 Å². The minimum absolute atomic E-state index is 0.0693. The average Bonchev–Trinajstić information content (AvgIpc) is 3.28. The van der Waals surface area contributed by atoms with E-state index >= 15 is 0 Å². The average molecular weight is 564 g/mol. The van der Waals surface area contributed by atoms with Crippen molar-refractivity contribution in [1.82, 2.24) is 10.2 Å². The van der Waals surface area contributed by atoms with Gasteiger partial charge < -0.3 is 4.74 Å². The van der Waals surface area contributed by atoms with E-state index in [0.717, 1.165) is 52.8 Å². The maximum absolute atomic E-state index is 13.4. The zero-order valence-corrected chi connectivity index (χ0v) is 23.0. The van der Waals surface area contributed by atoms with Gasteiger partial charge in [0.2, 0.25) is 11.8 Å². The van der Waals surface area contributed by atoms with Crippen LogP contribution in [0.2, 0.25) is 0 Å². The Hall–Kier alpha value is -4.40. The van der Waals surface area contributed by atoms with Crippen molar-refractivity contribution in [2.24, 2.45) is 0 Å². The highest BCUT2D eigenvalue weighted by atomic mass is 19.1. The molecular weight excluding hydrogens is 533 g/mol. The highest BCUT2D eigenvalue weighted by molar-refractivity contribution is 6.27. The lowest BCUT2D eigenvalue weighted by Gasteiger charge is -2.33. The van der Waals surface area contributed by atoms with Gasteiger partial charge in [0.1, 0.15) is 11.9 Å². The fourth-order valence-electron chi connectivity index (χ4n) is 6.42. The molecule has 7 rings (SSSR count). The molecule has 0 spiro atoms. The van der Waals surface area contributed by atoms with Gasteiger partial charge in [-0.25, -0.2) is 4.39 Å². The van der Waals surface area contributed by atoms with E-state index in [-0.39, 0.29) is 30.2 Å². The molecule has 212 valence electrons. The molecule has 2 saturated heterocycles. The summed E-state index contributed by atoms with van der Waals surface area (Å²) in [5, 5.41) is 4.24. The topological polar surface area (TPSA) is 79.0 Å². The van der Waals surface area contributed by atoms with Crippen LogP contribution < -0.4 is 10.2 Å². The number of hydrogen-bond acceptors (Lipinski definition) is 5. The summed E-state index contributed by atoms with van der Waals surface area (Å²) >= 11 is 0. The van der Waals surface area contributed by atoms with E-state index in [9.17, 15) is 18.8 Å². The third-order valence-electron chi connectivity index (χ3n) is 8.56. The van der Waals surface area contributed by atoms with Crippen molar-refractivity contribution in [1.29, 1.82) is 0 Å². The standard InChI is InChI=1S/C34H30FN3O4/c35-25-11-8-23(9-12-25)30-20-37(16-17-42-30)19-22-6-4-21(5-7-22)18-24-10-13-28-32-26(24)2-1-3-27(32)34(41)38(28)29-14-15-31(39)36-33(29)40/h1-13,29-30H,14-20H2,(H,36,39,40). The third kappa shape index (κ3) is 4.86. The number of hydrogen-bond donors (Lipinski definition) is 1. The van der Waals surface area contributed by atoms with E-state index in [1.807, 2.05) is 30.3 Å². The predicted molar refractivity (Wildman–Crippen MR) is 157 cm³/mol. The Morgan fingerprint density at radius 3 is 2.48 bits per heavy atom. The molecule has 3 aliphatic heterocycles. The second kappa shape index (κ2) is 10.8. The molecule has 42 heavy (non-hydrogen) atoms. The Labute approximate surface area is 242 Å². The van der Waals surface area contributed by atoms with Crippen molar-refractivity contribution in [2.75, 3.05) is 24.6 Å². The van der Waals surface area contributed by atoms with Crippen molar-refractivity contribution in [2.45, 2.75) is 38.0 Å². The second-order valence-corrected chi connectivity index (χ2v) is 11.3. The predicted octanol–water partition coefficient (Wildman–Crippen LogP) is 4.91. The molecule has 1 N–H and O–H groups in total. The minimum atomic E-state index is -0.693. The van der Waals surface area contributed by atoms with Crippen LogP contribution in [0.4, 0.5) is 10.1 Å². The fourth-order valence-corrected chi connectivity index (χ4v) is 6.42. The summed E-state index contributed by atoms with van der Waals surface area (Å²) in [6.07, 6.45) is 1.17. The van der Waals surface area contributed by atoms with Crippen LogP contribution in [0.1, 0.15) is 51.6 Å². The summed E-state index contributed by atoms with van der Waals surface area (Å²) in [5.74, 6) is -1.17. The van der Waals surface area contributed by atoms with Crippen molar-refractivity contribution >= 4 is 34.2 Å². The first kappa shape index (κ1) is 26.5. The van der Waals surface area contributed by atoms with E-state index in [4.69, 9.17) is 4.74 Å². The van der Waals surface area contributed by atoms with Gasteiger partial charge in [-0.05, 0) is 64.7 Å². The van der Waals surface area contributed by atoms with Gasteiger partial charge in [0, 0.05) is 37.0 Å². The molecule has 0 bridgehead atoms. The summed E-state index contributed by atoms with van der Waals surface area (Å²) < 4.78 is 19.3. The number of halogens is 1. The van der Waals surface area contributed by atoms with Crippen molar-refractivity contribution in [3.05, 3.63) is 112 Å². The highest BCUT2D eigenvalue weighted by Gasteiger charge is 2.40. The Morgan fingerprint density at radius 1 is 0.905 bits per heavy atom. The van der Waals surface area contributed by atoms with Crippen molar-refractivity contribution in [3.8, 4) is 0 Å². The first-order valence-corrected chi connectivity index (χ1v) is 14.3. The molecule has 3 heterocycles. The molecular formula is C34H30FN3O4. The molecule has 4 aromatic carbocycles. The fraction of sp³-hybridized carbons (Fsp3) is 0.265. The van der Waals surface area contributed by atoms with Gasteiger partial charge in [-0.2, -0.15) is 0 Å². The van der Waals surface area contributed by atoms with E-state index in [1.165, 1.54) is 17.7 Å². The first-order chi connectivity index (χ1) is 20.4. The quantitative estimate of drug-likeness (QED) is 0.338. The molecule has 0 radical (unpaired) electrons. The van der Waals surface area contributed by atoms with Gasteiger partial charge in [0.15, 0.2) is 0 Å². The Kier molecular flexibility index (Phi) is 6.80. The Bertz CT molecular complexity index is 1700. The van der Waals surface area contributed by atoms with E-state index in [1.54, 1.807) is 17.0 Å². The molecule has 0 aliphatic carbocycles. The lowest BCUT2D eigenvalue weighted by Crippen LogP contribution is -2.53. The summed E-state index contributed by atoms with van der Waals surface area (Å²) in [5.41, 5.74) is 5.79. The van der Waals surface area contributed by atoms with Crippen molar-refractivity contribution in [3.63, 3.8) is 0 Å². The van der Waals surface area contributed by atoms with Gasteiger partial charge in [-0.3, -0.25) is 29.5 Å². The summed E-state index contributed by atoms with van der Waals surface area (Å²) in [6.45, 7) is 3.03. The van der Waals surface area contributed by atoms with E-state index < -0.39 is 11.9 Å². The largest absolute Gasteiger partial charge is 0.371 e. The van der Waals surface area contributed by atoms with Gasteiger partial charge in [-0.1, -0.05) is 54.6 Å². The lowest BCUT2D eigenvalue weighted by atomic mass is 9.95. The first-order valence-electron chi connectivity index (χ1n) is 14.3. The van der Waals surface area contributed by atoms with Crippen LogP contribution in [0.25, 0.3) is 10.8 Å². The van der Waals surface area contributed by atoms with E-state index in [0.29, 0.717) is 25.0 Å². The van der Waals surface area contributed by atoms with Gasteiger partial charge in [0.25, 0.3) is 5.91 Å². The monoisotopic (exact) mass is 563 g/mol. The smallest absolute Gasteiger partial charge is 0.259 e. The number of amides is 3. The lowest BCUT2D eigenvalue weighted by molar-refractivity contribution is -0.134. The normalized spacial score (nSPS) is 20.8. The molecule has 8 heteroatoms. The number of carbonyl (C=O) groups excluding carboxylic acids is 3. The number of nitrogens with zero attached hydrogens (tertiary/aromatic N) is 2. The van der Waals surface area contributed by atoms with Crippen molar-refractivity contribution < 1.29 is 23.5 Å². The van der Waals surface area contributed by atoms with Crippen LogP contribution in [0.3, 0.4) is 0 Å². The SMILES string of the molecule is O=C1CCC(N2C(=O)c3cccc4c(Cc5ccc(CN6CCOC(c7ccc(F)cc7)C6)cc5)ccc2c34)C(=O)N1. The number of nitrogens with one attached hydrogen (secondary N) is 1. The number of carbonyl (C=O) groups is 3. The maximum atomic E-state index is 13.4. The molecule has 2 atom stereocenters. The molecule has 3 aliphatic rings.